The first kappa shape index (κ1) is 19.7. The van der Waals surface area contributed by atoms with Crippen LogP contribution in [0.25, 0.3) is 0 Å². The van der Waals surface area contributed by atoms with Crippen molar-refractivity contribution in [2.24, 2.45) is 5.92 Å². The highest BCUT2D eigenvalue weighted by Gasteiger charge is 2.33. The molecular weight excluding hydrogens is 354 g/mol. The Morgan fingerprint density at radius 3 is 2.57 bits per heavy atom. The minimum atomic E-state index is -0.468. The van der Waals surface area contributed by atoms with Gasteiger partial charge in [-0.3, -0.25) is 4.79 Å². The van der Waals surface area contributed by atoms with Gasteiger partial charge in [0.15, 0.2) is 0 Å². The van der Waals surface area contributed by atoms with Crippen LogP contribution in [0.1, 0.15) is 48.3 Å². The van der Waals surface area contributed by atoms with Crippen molar-refractivity contribution >= 4 is 17.7 Å². The zero-order valence-electron chi connectivity index (χ0n) is 16.5. The third-order valence-electron chi connectivity index (χ3n) is 5.17. The zero-order chi connectivity index (χ0) is 20.1. The molecule has 3 N–H and O–H groups in total. The molecular formula is C22H27N3O3. The average molecular weight is 381 g/mol. The number of carbonyl (C=O) groups is 2. The second kappa shape index (κ2) is 8.78. The maximum Gasteiger partial charge on any atom is 0.407 e. The molecule has 3 unspecified atom stereocenters. The van der Waals surface area contributed by atoms with E-state index in [2.05, 4.69) is 29.8 Å². The summed E-state index contributed by atoms with van der Waals surface area (Å²) in [4.78, 5) is 24.7. The third-order valence-corrected chi connectivity index (χ3v) is 5.17. The van der Waals surface area contributed by atoms with Crippen LogP contribution in [0.15, 0.2) is 48.5 Å². The Kier molecular flexibility index (Phi) is 6.19. The van der Waals surface area contributed by atoms with Crippen molar-refractivity contribution in [1.29, 1.82) is 0 Å². The lowest BCUT2D eigenvalue weighted by Gasteiger charge is -2.37. The molecule has 6 heteroatoms. The van der Waals surface area contributed by atoms with Gasteiger partial charge in [-0.15, -0.1) is 0 Å². The third kappa shape index (κ3) is 4.44. The van der Waals surface area contributed by atoms with Gasteiger partial charge in [0, 0.05) is 29.8 Å². The van der Waals surface area contributed by atoms with E-state index in [0.29, 0.717) is 12.1 Å². The Hall–Kier alpha value is -3.02. The molecule has 0 fully saturated rings. The molecule has 2 amide bonds. The molecule has 0 saturated carbocycles. The second-order valence-electron chi connectivity index (χ2n) is 7.14. The number of nitrogens with one attached hydrogen (secondary N) is 3. The van der Waals surface area contributed by atoms with Gasteiger partial charge in [-0.05, 0) is 43.2 Å². The molecule has 0 saturated heterocycles. The van der Waals surface area contributed by atoms with E-state index in [-0.39, 0.29) is 30.5 Å². The summed E-state index contributed by atoms with van der Waals surface area (Å²) < 4.78 is 5.40. The lowest BCUT2D eigenvalue weighted by atomic mass is 9.84. The predicted octanol–water partition coefficient (Wildman–Crippen LogP) is 3.85. The van der Waals surface area contributed by atoms with Crippen LogP contribution in [0.5, 0.6) is 0 Å². The van der Waals surface area contributed by atoms with E-state index in [1.807, 2.05) is 49.4 Å². The Labute approximate surface area is 165 Å². The van der Waals surface area contributed by atoms with Crippen molar-refractivity contribution in [1.82, 2.24) is 10.6 Å². The minimum Gasteiger partial charge on any atom is -0.445 e. The van der Waals surface area contributed by atoms with Crippen molar-refractivity contribution in [2.45, 2.75) is 39.5 Å². The second-order valence-corrected chi connectivity index (χ2v) is 7.14. The number of ether oxygens (including phenoxy) is 1. The number of anilines is 1. The lowest BCUT2D eigenvalue weighted by Crippen LogP contribution is -2.43. The molecule has 148 valence electrons. The Balaban J connectivity index is 1.77. The molecule has 0 spiro atoms. The molecule has 28 heavy (non-hydrogen) atoms. The maximum absolute atomic E-state index is 12.4. The molecule has 2 aromatic rings. The standard InChI is InChI=1S/C22H27N3O3/c1-4-23-21(26)17-10-11-19-18(12-17)20(14(2)15(3)24-19)25-22(27)28-13-16-8-6-5-7-9-16/h5-12,14-15,20,24H,4,13H2,1-3H3,(H,23,26)(H,25,27). The lowest BCUT2D eigenvalue weighted by molar-refractivity contribution is 0.0955. The molecule has 0 bridgehead atoms. The summed E-state index contributed by atoms with van der Waals surface area (Å²) >= 11 is 0. The molecule has 3 atom stereocenters. The van der Waals surface area contributed by atoms with E-state index in [9.17, 15) is 9.59 Å². The number of alkyl carbamates (subject to hydrolysis) is 1. The summed E-state index contributed by atoms with van der Waals surface area (Å²) in [6.45, 7) is 6.81. The van der Waals surface area contributed by atoms with E-state index >= 15 is 0 Å². The van der Waals surface area contributed by atoms with Gasteiger partial charge < -0.3 is 20.7 Å². The van der Waals surface area contributed by atoms with Gasteiger partial charge in [0.05, 0.1) is 6.04 Å². The zero-order valence-corrected chi connectivity index (χ0v) is 16.5. The van der Waals surface area contributed by atoms with Crippen molar-refractivity contribution in [3.05, 3.63) is 65.2 Å². The summed E-state index contributed by atoms with van der Waals surface area (Å²) in [5.74, 6) is 0.00300. The average Bonchev–Trinajstić information content (AvgIpc) is 2.70. The van der Waals surface area contributed by atoms with Crippen LogP contribution in [-0.2, 0) is 11.3 Å². The van der Waals surface area contributed by atoms with Crippen LogP contribution < -0.4 is 16.0 Å². The van der Waals surface area contributed by atoms with Crippen molar-refractivity contribution in [3.8, 4) is 0 Å². The normalized spacial score (nSPS) is 20.5. The largest absolute Gasteiger partial charge is 0.445 e. The molecule has 1 aliphatic heterocycles. The Morgan fingerprint density at radius 1 is 1.11 bits per heavy atom. The van der Waals surface area contributed by atoms with Crippen LogP contribution in [0, 0.1) is 5.92 Å². The van der Waals surface area contributed by atoms with Crippen molar-refractivity contribution in [3.63, 3.8) is 0 Å². The van der Waals surface area contributed by atoms with Crippen molar-refractivity contribution < 1.29 is 14.3 Å². The number of amides is 2. The van der Waals surface area contributed by atoms with Gasteiger partial charge in [-0.1, -0.05) is 37.3 Å². The molecule has 3 rings (SSSR count). The molecule has 0 aliphatic carbocycles. The summed E-state index contributed by atoms with van der Waals surface area (Å²) in [7, 11) is 0. The first-order valence-electron chi connectivity index (χ1n) is 9.65. The van der Waals surface area contributed by atoms with Crippen LogP contribution >= 0.6 is 0 Å². The molecule has 0 aromatic heterocycles. The van der Waals surface area contributed by atoms with Gasteiger partial charge in [0.2, 0.25) is 0 Å². The monoisotopic (exact) mass is 381 g/mol. The highest BCUT2D eigenvalue weighted by Crippen LogP contribution is 2.37. The Morgan fingerprint density at radius 2 is 1.86 bits per heavy atom. The molecule has 2 aromatic carbocycles. The van der Waals surface area contributed by atoms with Crippen molar-refractivity contribution in [2.75, 3.05) is 11.9 Å². The predicted molar refractivity (Wildman–Crippen MR) is 109 cm³/mol. The molecule has 1 heterocycles. The van der Waals surface area contributed by atoms with Crippen LogP contribution in [-0.4, -0.2) is 24.6 Å². The molecule has 6 nitrogen and oxygen atoms in total. The smallest absolute Gasteiger partial charge is 0.407 e. The summed E-state index contributed by atoms with van der Waals surface area (Å²) in [6, 6.07) is 15.0. The van der Waals surface area contributed by atoms with Gasteiger partial charge in [0.1, 0.15) is 6.61 Å². The number of hydrogen-bond donors (Lipinski definition) is 3. The highest BCUT2D eigenvalue weighted by molar-refractivity contribution is 5.95. The van der Waals surface area contributed by atoms with Gasteiger partial charge in [-0.2, -0.15) is 0 Å². The number of carbonyl (C=O) groups excluding carboxylic acids is 2. The van der Waals surface area contributed by atoms with E-state index < -0.39 is 6.09 Å². The fraction of sp³-hybridized carbons (Fsp3) is 0.364. The first-order chi connectivity index (χ1) is 13.5. The van der Waals surface area contributed by atoms with E-state index in [4.69, 9.17) is 4.74 Å². The SMILES string of the molecule is CCNC(=O)c1ccc2c(c1)C(NC(=O)OCc1ccccc1)C(C)C(C)N2. The summed E-state index contributed by atoms with van der Waals surface area (Å²) in [6.07, 6.45) is -0.468. The van der Waals surface area contributed by atoms with E-state index in [1.165, 1.54) is 0 Å². The molecule has 1 aliphatic rings. The van der Waals surface area contributed by atoms with E-state index in [0.717, 1.165) is 16.8 Å². The summed E-state index contributed by atoms with van der Waals surface area (Å²) in [5.41, 5.74) is 3.33. The maximum atomic E-state index is 12.4. The van der Waals surface area contributed by atoms with Gasteiger partial charge in [0.25, 0.3) is 5.91 Å². The Bertz CT molecular complexity index is 838. The fourth-order valence-corrected chi connectivity index (χ4v) is 3.40. The van der Waals surface area contributed by atoms with Gasteiger partial charge in [-0.25, -0.2) is 4.79 Å². The number of benzene rings is 2. The quantitative estimate of drug-likeness (QED) is 0.735. The first-order valence-corrected chi connectivity index (χ1v) is 9.65. The molecule has 0 radical (unpaired) electrons. The minimum absolute atomic E-state index is 0.123. The van der Waals surface area contributed by atoms with Gasteiger partial charge >= 0.3 is 6.09 Å². The summed E-state index contributed by atoms with van der Waals surface area (Å²) in [5, 5.41) is 9.25. The van der Waals surface area contributed by atoms with Crippen LogP contribution in [0.4, 0.5) is 10.5 Å². The number of hydrogen-bond acceptors (Lipinski definition) is 4. The van der Waals surface area contributed by atoms with Crippen LogP contribution in [0.2, 0.25) is 0 Å². The van der Waals surface area contributed by atoms with E-state index in [1.54, 1.807) is 6.07 Å². The number of rotatable bonds is 5. The fourth-order valence-electron chi connectivity index (χ4n) is 3.40. The topological polar surface area (TPSA) is 79.5 Å². The highest BCUT2D eigenvalue weighted by atomic mass is 16.5. The van der Waals surface area contributed by atoms with Crippen LogP contribution in [0.3, 0.4) is 0 Å². The number of fused-ring (bicyclic) bond motifs is 1.